The molecular formula is C3H8Ho2O13. The Morgan fingerprint density at radius 1 is 0.444 bits per heavy atom. The van der Waals surface area contributed by atoms with Crippen LogP contribution in [-0.4, -0.2) is 40.4 Å². The zero-order valence-electron chi connectivity index (χ0n) is 7.78. The summed E-state index contributed by atoms with van der Waals surface area (Å²) in [5.74, 6) is 0. The Bertz CT molecular complexity index is 118. The second-order valence-corrected chi connectivity index (χ2v) is 0.750. The first-order valence-corrected chi connectivity index (χ1v) is 1.84. The molecule has 0 radical (unpaired) electrons. The number of hydrogen-bond acceptors (Lipinski definition) is 9. The molecule has 0 aromatic heterocycles. The predicted octanol–water partition coefficient (Wildman–Crippen LogP) is -10.6. The van der Waals surface area contributed by atoms with Gasteiger partial charge in [-0.05, 0) is 18.5 Å². The number of carbonyl (C=O) groups is 3. The summed E-state index contributed by atoms with van der Waals surface area (Å²) in [6, 6.07) is 0. The molecule has 0 aliphatic heterocycles. The van der Waals surface area contributed by atoms with E-state index in [0.717, 1.165) is 0 Å². The fourth-order valence-electron chi connectivity index (χ4n) is 0. The van der Waals surface area contributed by atoms with Gasteiger partial charge in [-0.15, -0.1) is 0 Å². The monoisotopic (exact) mass is 582 g/mol. The second kappa shape index (κ2) is 53.4. The Balaban J connectivity index is -0.00000000827. The van der Waals surface area contributed by atoms with Crippen LogP contribution >= 0.6 is 0 Å². The molecule has 0 aromatic rings. The molecule has 120 valence electrons. The third-order valence-corrected chi connectivity index (χ3v) is 0. The molecule has 0 aliphatic carbocycles. The molecule has 0 saturated heterocycles. The standard InChI is InChI=1S/3CH2O3.2Ho.4H2O/c3*2-1(3)4;;;;;;/h3*(H2,2,3,4);;;4*1H2/q;;;2*+3;;;;/p-6. The summed E-state index contributed by atoms with van der Waals surface area (Å²) in [4.78, 5) is 25.0. The van der Waals surface area contributed by atoms with Gasteiger partial charge in [-0.1, -0.05) is 0 Å². The molecular weight excluding hydrogens is 574 g/mol. The zero-order chi connectivity index (χ0) is 10.7. The molecule has 0 aromatic carbocycles. The van der Waals surface area contributed by atoms with Crippen LogP contribution in [0.3, 0.4) is 0 Å². The summed E-state index contributed by atoms with van der Waals surface area (Å²) in [6.07, 6.45) is -7.00. The van der Waals surface area contributed by atoms with E-state index in [2.05, 4.69) is 0 Å². The molecule has 0 saturated carbocycles. The first-order chi connectivity index (χ1) is 5.20. The number of hydrogen-bond donors (Lipinski definition) is 0. The van der Waals surface area contributed by atoms with E-state index in [9.17, 15) is 0 Å². The predicted molar refractivity (Wildman–Crippen MR) is 30.6 cm³/mol. The van der Waals surface area contributed by atoms with Gasteiger partial charge in [0.1, 0.15) is 0 Å². The van der Waals surface area contributed by atoms with Crippen molar-refractivity contribution < 1.29 is 142 Å². The largest absolute Gasteiger partial charge is 3.00 e. The normalized spacial score (nSPS) is 4.00. The van der Waals surface area contributed by atoms with Gasteiger partial charge in [-0.25, -0.2) is 0 Å². The minimum absolute atomic E-state index is 0. The van der Waals surface area contributed by atoms with Gasteiger partial charge in [-0.2, -0.15) is 0 Å². The van der Waals surface area contributed by atoms with Gasteiger partial charge < -0.3 is 66.9 Å². The van der Waals surface area contributed by atoms with Crippen molar-refractivity contribution in [3.63, 3.8) is 0 Å². The molecule has 0 amide bonds. The number of carbonyl (C=O) groups excluding carboxylic acids is 3. The molecule has 0 fully saturated rings. The maximum atomic E-state index is 8.33. The summed E-state index contributed by atoms with van der Waals surface area (Å²) in [5.41, 5.74) is 0. The maximum Gasteiger partial charge on any atom is 3.00 e. The first kappa shape index (κ1) is 63.7. The van der Waals surface area contributed by atoms with Crippen molar-refractivity contribution in [1.29, 1.82) is 0 Å². The topological polar surface area (TPSA) is 316 Å². The minimum Gasteiger partial charge on any atom is -0.652 e. The van der Waals surface area contributed by atoms with Gasteiger partial charge >= 0.3 is 75.5 Å². The van der Waals surface area contributed by atoms with E-state index in [1.54, 1.807) is 0 Å². The van der Waals surface area contributed by atoms with Crippen LogP contribution in [0.2, 0.25) is 0 Å². The molecule has 15 heteroatoms. The van der Waals surface area contributed by atoms with Crippen molar-refractivity contribution in [3.8, 4) is 0 Å². The van der Waals surface area contributed by atoms with Gasteiger partial charge in [0.25, 0.3) is 0 Å². The van der Waals surface area contributed by atoms with Crippen LogP contribution in [0.1, 0.15) is 0 Å². The van der Waals surface area contributed by atoms with Crippen molar-refractivity contribution >= 4 is 18.5 Å². The van der Waals surface area contributed by atoms with E-state index in [1.807, 2.05) is 0 Å². The summed E-state index contributed by atoms with van der Waals surface area (Å²) in [5, 5.41) is 50.0. The molecule has 0 atom stereocenters. The van der Waals surface area contributed by atoms with E-state index < -0.39 is 18.5 Å². The van der Waals surface area contributed by atoms with Gasteiger partial charge in [0, 0.05) is 0 Å². The molecule has 0 bridgehead atoms. The average molecular weight is 582 g/mol. The van der Waals surface area contributed by atoms with Crippen LogP contribution in [0.15, 0.2) is 0 Å². The van der Waals surface area contributed by atoms with E-state index in [1.165, 1.54) is 0 Å². The molecule has 0 unspecified atom stereocenters. The fourth-order valence-corrected chi connectivity index (χ4v) is 0. The Hall–Kier alpha value is 0.169. The van der Waals surface area contributed by atoms with Gasteiger partial charge in [0.15, 0.2) is 0 Å². The van der Waals surface area contributed by atoms with Crippen molar-refractivity contribution in [3.05, 3.63) is 0 Å². The van der Waals surface area contributed by atoms with Gasteiger partial charge in [0.05, 0.1) is 0 Å². The Morgan fingerprint density at radius 3 is 0.444 bits per heavy atom. The number of carboxylic acid groups (broad SMARTS) is 6. The molecule has 0 heterocycles. The Kier molecular flexibility index (Phi) is 189. The van der Waals surface area contributed by atoms with Gasteiger partial charge in [0.2, 0.25) is 0 Å². The van der Waals surface area contributed by atoms with Crippen LogP contribution in [0.4, 0.5) is 14.4 Å². The smallest absolute Gasteiger partial charge is 0.652 e. The van der Waals surface area contributed by atoms with E-state index in [4.69, 9.17) is 45.0 Å². The maximum absolute atomic E-state index is 8.33. The van der Waals surface area contributed by atoms with Crippen LogP contribution in [0, 0.1) is 75.5 Å². The van der Waals surface area contributed by atoms with E-state index in [-0.39, 0.29) is 97.4 Å². The van der Waals surface area contributed by atoms with Crippen LogP contribution in [-0.2, 0) is 0 Å². The van der Waals surface area contributed by atoms with Gasteiger partial charge in [-0.3, -0.25) is 0 Å². The molecule has 8 N–H and O–H groups in total. The number of rotatable bonds is 0. The molecule has 13 nitrogen and oxygen atoms in total. The van der Waals surface area contributed by atoms with E-state index in [0.29, 0.717) is 0 Å². The van der Waals surface area contributed by atoms with Crippen molar-refractivity contribution in [2.75, 3.05) is 0 Å². The van der Waals surface area contributed by atoms with Crippen LogP contribution < -0.4 is 30.6 Å². The summed E-state index contributed by atoms with van der Waals surface area (Å²) < 4.78 is 0. The third-order valence-electron chi connectivity index (χ3n) is 0. The molecule has 0 aliphatic rings. The van der Waals surface area contributed by atoms with Crippen LogP contribution in [0.25, 0.3) is 0 Å². The van der Waals surface area contributed by atoms with Crippen molar-refractivity contribution in [2.45, 2.75) is 0 Å². The van der Waals surface area contributed by atoms with Crippen LogP contribution in [0.5, 0.6) is 0 Å². The average Bonchev–Trinajstić information content (AvgIpc) is 1.54. The van der Waals surface area contributed by atoms with Crippen molar-refractivity contribution in [1.82, 2.24) is 0 Å². The quantitative estimate of drug-likeness (QED) is 0.244. The van der Waals surface area contributed by atoms with Crippen molar-refractivity contribution in [2.24, 2.45) is 0 Å². The SMILES string of the molecule is O.O.O.O.O=C([O-])[O-].O=C([O-])[O-].O=C([O-])[O-].[Ho+3].[Ho+3]. The summed E-state index contributed by atoms with van der Waals surface area (Å²) in [7, 11) is 0. The zero-order valence-corrected chi connectivity index (χ0v) is 11.6. The summed E-state index contributed by atoms with van der Waals surface area (Å²) >= 11 is 0. The molecule has 0 rings (SSSR count). The molecule has 0 spiro atoms. The third kappa shape index (κ3) is 130000. The first-order valence-electron chi connectivity index (χ1n) is 1.84. The van der Waals surface area contributed by atoms with E-state index >= 15 is 0 Å². The second-order valence-electron chi connectivity index (χ2n) is 0.750. The Morgan fingerprint density at radius 2 is 0.444 bits per heavy atom. The molecule has 18 heavy (non-hydrogen) atoms. The fraction of sp³-hybridized carbons (Fsp3) is 0. The summed E-state index contributed by atoms with van der Waals surface area (Å²) in [6.45, 7) is 0. The Labute approximate surface area is 159 Å². The minimum atomic E-state index is -2.33.